The summed E-state index contributed by atoms with van der Waals surface area (Å²) < 4.78 is 1.96. The van der Waals surface area contributed by atoms with Crippen LogP contribution in [-0.4, -0.2) is 35.5 Å². The lowest BCUT2D eigenvalue weighted by atomic mass is 10.1. The average Bonchev–Trinajstić information content (AvgIpc) is 2.54. The molecule has 0 bridgehead atoms. The molecule has 1 aliphatic rings. The molecule has 1 aromatic rings. The Balaban J connectivity index is 2.08. The fraction of sp³-hybridized carbons (Fsp3) is 0.769. The highest BCUT2D eigenvalue weighted by Gasteiger charge is 2.19. The second-order valence-corrected chi connectivity index (χ2v) is 5.01. The van der Waals surface area contributed by atoms with Gasteiger partial charge in [-0.2, -0.15) is 5.10 Å². The van der Waals surface area contributed by atoms with E-state index in [0.29, 0.717) is 6.04 Å². The third-order valence-corrected chi connectivity index (χ3v) is 3.54. The van der Waals surface area contributed by atoms with Gasteiger partial charge in [0.15, 0.2) is 5.82 Å². The topological polar surface area (TPSA) is 33.1 Å². The standard InChI is InChI=1S/C13H24N4/c1-4-6-12-10-17(8-5-7-14-12)13-9-11(2)16(3)15-13/h9,12,14H,4-8,10H2,1-3H3. The Hall–Kier alpha value is -1.03. The van der Waals surface area contributed by atoms with E-state index in [9.17, 15) is 0 Å². The van der Waals surface area contributed by atoms with Gasteiger partial charge in [0.25, 0.3) is 0 Å². The van der Waals surface area contributed by atoms with Crippen molar-refractivity contribution in [3.8, 4) is 0 Å². The van der Waals surface area contributed by atoms with Crippen LogP contribution in [0.5, 0.6) is 0 Å². The van der Waals surface area contributed by atoms with Crippen LogP contribution in [-0.2, 0) is 7.05 Å². The van der Waals surface area contributed by atoms with Crippen LogP contribution < -0.4 is 10.2 Å². The Bertz CT molecular complexity index is 339. The van der Waals surface area contributed by atoms with Crippen molar-refractivity contribution in [2.75, 3.05) is 24.5 Å². The lowest BCUT2D eigenvalue weighted by Gasteiger charge is -2.24. The van der Waals surface area contributed by atoms with E-state index in [1.807, 2.05) is 11.7 Å². The first-order valence-corrected chi connectivity index (χ1v) is 6.69. The highest BCUT2D eigenvalue weighted by molar-refractivity contribution is 5.40. The molecule has 2 rings (SSSR count). The lowest BCUT2D eigenvalue weighted by Crippen LogP contribution is -2.37. The number of nitrogens with zero attached hydrogens (tertiary/aromatic N) is 3. The van der Waals surface area contributed by atoms with Gasteiger partial charge in [0.2, 0.25) is 0 Å². The SMILES string of the molecule is CCCC1CN(c2cc(C)n(C)n2)CCCN1. The second-order valence-electron chi connectivity index (χ2n) is 5.01. The summed E-state index contributed by atoms with van der Waals surface area (Å²) in [5, 5.41) is 8.21. The minimum atomic E-state index is 0.616. The van der Waals surface area contributed by atoms with Gasteiger partial charge in [-0.3, -0.25) is 4.68 Å². The quantitative estimate of drug-likeness (QED) is 0.867. The van der Waals surface area contributed by atoms with Crippen molar-refractivity contribution in [3.63, 3.8) is 0 Å². The molecule has 1 aromatic heterocycles. The van der Waals surface area contributed by atoms with Crippen molar-refractivity contribution in [1.82, 2.24) is 15.1 Å². The highest BCUT2D eigenvalue weighted by Crippen LogP contribution is 2.16. The molecular formula is C13H24N4. The number of hydrogen-bond donors (Lipinski definition) is 1. The van der Waals surface area contributed by atoms with Crippen LogP contribution >= 0.6 is 0 Å². The molecule has 0 aliphatic carbocycles. The summed E-state index contributed by atoms with van der Waals surface area (Å²) in [6.45, 7) is 7.69. The van der Waals surface area contributed by atoms with Gasteiger partial charge in [0.05, 0.1) is 0 Å². The zero-order valence-corrected chi connectivity index (χ0v) is 11.2. The molecule has 1 fully saturated rings. The second kappa shape index (κ2) is 5.54. The number of rotatable bonds is 3. The first-order chi connectivity index (χ1) is 8.20. The summed E-state index contributed by atoms with van der Waals surface area (Å²) in [6, 6.07) is 2.80. The van der Waals surface area contributed by atoms with Crippen LogP contribution in [0.1, 0.15) is 31.9 Å². The summed E-state index contributed by atoms with van der Waals surface area (Å²) in [6.07, 6.45) is 3.70. The molecule has 0 radical (unpaired) electrons. The van der Waals surface area contributed by atoms with Crippen LogP contribution in [0.3, 0.4) is 0 Å². The number of anilines is 1. The van der Waals surface area contributed by atoms with Crippen molar-refractivity contribution >= 4 is 5.82 Å². The Labute approximate surface area is 104 Å². The maximum Gasteiger partial charge on any atom is 0.150 e. The minimum Gasteiger partial charge on any atom is -0.354 e. The molecule has 1 atom stereocenters. The zero-order valence-electron chi connectivity index (χ0n) is 11.2. The van der Waals surface area contributed by atoms with Gasteiger partial charge in [-0.25, -0.2) is 0 Å². The van der Waals surface area contributed by atoms with E-state index in [4.69, 9.17) is 0 Å². The molecule has 0 saturated carbocycles. The Kier molecular flexibility index (Phi) is 4.05. The highest BCUT2D eigenvalue weighted by atomic mass is 15.3. The smallest absolute Gasteiger partial charge is 0.150 e. The van der Waals surface area contributed by atoms with Gasteiger partial charge in [-0.1, -0.05) is 13.3 Å². The van der Waals surface area contributed by atoms with Gasteiger partial charge < -0.3 is 10.2 Å². The van der Waals surface area contributed by atoms with Crippen LogP contribution in [0.25, 0.3) is 0 Å². The van der Waals surface area contributed by atoms with Crippen molar-refractivity contribution in [1.29, 1.82) is 0 Å². The molecule has 0 spiro atoms. The molecule has 1 N–H and O–H groups in total. The van der Waals surface area contributed by atoms with Crippen LogP contribution in [0, 0.1) is 6.92 Å². The van der Waals surface area contributed by atoms with Crippen LogP contribution in [0.4, 0.5) is 5.82 Å². The van der Waals surface area contributed by atoms with Gasteiger partial charge in [-0.05, 0) is 26.3 Å². The van der Waals surface area contributed by atoms with Crippen molar-refractivity contribution in [2.24, 2.45) is 7.05 Å². The van der Waals surface area contributed by atoms with Crippen molar-refractivity contribution in [3.05, 3.63) is 11.8 Å². The largest absolute Gasteiger partial charge is 0.354 e. The number of aromatic nitrogens is 2. The number of aryl methyl sites for hydroxylation is 2. The molecular weight excluding hydrogens is 212 g/mol. The Morgan fingerprint density at radius 1 is 1.53 bits per heavy atom. The molecule has 0 aromatic carbocycles. The fourth-order valence-corrected chi connectivity index (χ4v) is 2.44. The molecule has 1 saturated heterocycles. The van der Waals surface area contributed by atoms with E-state index in [2.05, 4.69) is 35.2 Å². The molecule has 17 heavy (non-hydrogen) atoms. The van der Waals surface area contributed by atoms with Gasteiger partial charge in [-0.15, -0.1) is 0 Å². The molecule has 4 heteroatoms. The normalized spacial score (nSPS) is 21.6. The van der Waals surface area contributed by atoms with E-state index in [-0.39, 0.29) is 0 Å². The van der Waals surface area contributed by atoms with E-state index < -0.39 is 0 Å². The monoisotopic (exact) mass is 236 g/mol. The molecule has 2 heterocycles. The predicted molar refractivity (Wildman–Crippen MR) is 71.5 cm³/mol. The van der Waals surface area contributed by atoms with E-state index in [1.54, 1.807) is 0 Å². The maximum absolute atomic E-state index is 4.58. The van der Waals surface area contributed by atoms with Gasteiger partial charge in [0, 0.05) is 37.9 Å². The third kappa shape index (κ3) is 3.00. The third-order valence-electron chi connectivity index (χ3n) is 3.54. The van der Waals surface area contributed by atoms with Crippen molar-refractivity contribution < 1.29 is 0 Å². The molecule has 96 valence electrons. The molecule has 4 nitrogen and oxygen atoms in total. The Morgan fingerprint density at radius 3 is 3.00 bits per heavy atom. The van der Waals surface area contributed by atoms with Crippen molar-refractivity contribution in [2.45, 2.75) is 39.2 Å². The predicted octanol–water partition coefficient (Wildman–Crippen LogP) is 1.70. The lowest BCUT2D eigenvalue weighted by molar-refractivity contribution is 0.501. The van der Waals surface area contributed by atoms with Crippen LogP contribution in [0.2, 0.25) is 0 Å². The molecule has 1 unspecified atom stereocenters. The first kappa shape index (κ1) is 12.4. The minimum absolute atomic E-state index is 0.616. The number of hydrogen-bond acceptors (Lipinski definition) is 3. The maximum atomic E-state index is 4.58. The van der Waals surface area contributed by atoms with E-state index >= 15 is 0 Å². The summed E-state index contributed by atoms with van der Waals surface area (Å²) >= 11 is 0. The molecule has 1 aliphatic heterocycles. The van der Waals surface area contributed by atoms with Gasteiger partial charge in [0.1, 0.15) is 0 Å². The van der Waals surface area contributed by atoms with E-state index in [1.165, 1.54) is 25.0 Å². The zero-order chi connectivity index (χ0) is 12.3. The van der Waals surface area contributed by atoms with Gasteiger partial charge >= 0.3 is 0 Å². The summed E-state index contributed by atoms with van der Waals surface area (Å²) in [4.78, 5) is 2.42. The average molecular weight is 236 g/mol. The Morgan fingerprint density at radius 2 is 2.35 bits per heavy atom. The van der Waals surface area contributed by atoms with E-state index in [0.717, 1.165) is 25.5 Å². The summed E-state index contributed by atoms with van der Waals surface area (Å²) in [7, 11) is 2.01. The van der Waals surface area contributed by atoms with Crippen LogP contribution in [0.15, 0.2) is 6.07 Å². The summed E-state index contributed by atoms with van der Waals surface area (Å²) in [5.74, 6) is 1.13. The molecule has 0 amide bonds. The summed E-state index contributed by atoms with van der Waals surface area (Å²) in [5.41, 5.74) is 1.23. The first-order valence-electron chi connectivity index (χ1n) is 6.69. The number of nitrogens with one attached hydrogen (secondary N) is 1. The fourth-order valence-electron chi connectivity index (χ4n) is 2.44.